The van der Waals surface area contributed by atoms with E-state index in [4.69, 9.17) is 34.7 Å². The topological polar surface area (TPSA) is 352 Å². The molecule has 0 unspecified atom stereocenters. The number of aromatic carboxylic acids is 6. The number of carboxylic acids is 6. The molecule has 24 heteroatoms. The first-order chi connectivity index (χ1) is 40.8. The zero-order valence-electron chi connectivity index (χ0n) is 43.0. The maximum atomic E-state index is 11.7. The molecule has 440 valence electrons. The van der Waals surface area contributed by atoms with Gasteiger partial charge in [0.05, 0.1) is 78.2 Å². The van der Waals surface area contributed by atoms with E-state index < -0.39 is 40.9 Å². The van der Waals surface area contributed by atoms with Crippen molar-refractivity contribution in [3.8, 4) is 34.0 Å². The standard InChI is InChI=1S/C21H12NO4.2C20H12N2O4.2CH4.2ClH.HNO3.Ru/c23-20(24)16-10-13(9-12-5-1-2-6-14(12)16)19-11-17(21(25)26)15-7-3-4-8-18(15)22-19;2*23-19(24)13-9-17(21-15-7-3-1-5-11(13)15)18-10-14(20(25)26)12-6-2-4-8-16(12)22-18;;;;;2-1(3)4;/h1-8,10-11H,(H,23,24)(H,25,26);2*1-10H,(H,23,24)(H,25,26);2*1H4;2*1H;(H,2,3,4);/q-1;;;;;;;;+2/p-2. The van der Waals surface area contributed by atoms with Crippen LogP contribution in [0.4, 0.5) is 0 Å². The molecule has 0 amide bonds. The van der Waals surface area contributed by atoms with Crippen molar-refractivity contribution >= 4 is 120 Å². The van der Waals surface area contributed by atoms with Crippen molar-refractivity contribution in [3.05, 3.63) is 232 Å². The van der Waals surface area contributed by atoms with Crippen LogP contribution in [0.2, 0.25) is 0 Å². The van der Waals surface area contributed by atoms with E-state index >= 15 is 0 Å². The number of aromatic nitrogens is 5. The van der Waals surface area contributed by atoms with Crippen LogP contribution < -0.4 is 0 Å². The van der Waals surface area contributed by atoms with Gasteiger partial charge in [0.15, 0.2) is 0 Å². The van der Waals surface area contributed by atoms with E-state index in [-0.39, 0.29) is 63.4 Å². The molecule has 0 radical (unpaired) electrons. The Morgan fingerprint density at radius 1 is 0.368 bits per heavy atom. The van der Waals surface area contributed by atoms with Crippen LogP contribution in [0.1, 0.15) is 77.0 Å². The van der Waals surface area contributed by atoms with Gasteiger partial charge in [-0.25, -0.2) is 48.7 Å². The fourth-order valence-corrected chi connectivity index (χ4v) is 8.97. The van der Waals surface area contributed by atoms with Gasteiger partial charge < -0.3 is 35.8 Å². The van der Waals surface area contributed by atoms with E-state index in [1.54, 1.807) is 146 Å². The van der Waals surface area contributed by atoms with Gasteiger partial charge in [-0.3, -0.25) is 4.98 Å². The molecule has 21 nitrogen and oxygen atoms in total. The summed E-state index contributed by atoms with van der Waals surface area (Å²) < 4.78 is 0. The quantitative estimate of drug-likeness (QED) is 0.0305. The number of para-hydroxylation sites is 5. The van der Waals surface area contributed by atoms with E-state index in [9.17, 15) is 59.4 Å². The minimum absolute atomic E-state index is 0. The fraction of sp³-hybridized carbons (Fsp3) is 0.0317. The summed E-state index contributed by atoms with van der Waals surface area (Å²) in [5, 5.41) is 74.6. The van der Waals surface area contributed by atoms with Crippen LogP contribution in [0.15, 0.2) is 182 Å². The van der Waals surface area contributed by atoms with Gasteiger partial charge in [0.1, 0.15) is 0 Å². The molecule has 0 aliphatic rings. The first-order valence-corrected chi connectivity index (χ1v) is 28.8. The summed E-state index contributed by atoms with van der Waals surface area (Å²) in [6, 6.07) is 53.4. The Hall–Kier alpha value is -10.9. The van der Waals surface area contributed by atoms with Crippen LogP contribution in [0.5, 0.6) is 0 Å². The number of fused-ring (bicyclic) bond motifs is 6. The van der Waals surface area contributed by atoms with Crippen molar-refractivity contribution in [1.82, 2.24) is 24.9 Å². The Morgan fingerprint density at radius 3 is 0.816 bits per heavy atom. The number of carboxylic acid groups (broad SMARTS) is 6. The van der Waals surface area contributed by atoms with Gasteiger partial charge in [0, 0.05) is 38.2 Å². The van der Waals surface area contributed by atoms with E-state index in [1.807, 2.05) is 0 Å². The average molecular weight is 1300 g/mol. The van der Waals surface area contributed by atoms with Gasteiger partial charge in [-0.05, 0) is 54.6 Å². The second kappa shape index (κ2) is 29.1. The SMILES string of the molecule is C.C.O=C(O)c1cc(-c2cc(C(=O)O)c3ccccc3n2)[c-]c2ccccc12.O=C(O)c1cc(-c2cc(C(=O)O)c3ccccc3n2)nc2ccccc12.O=C(O)c1cc(-c2cc(C(=O)O)c3ccccc3n2)nc2ccccc12.O=[N+]([O-])O.[Cl][Ru][Cl]. The van der Waals surface area contributed by atoms with Crippen molar-refractivity contribution in [2.75, 3.05) is 0 Å². The van der Waals surface area contributed by atoms with Crippen LogP contribution >= 0.6 is 19.4 Å². The van der Waals surface area contributed by atoms with Crippen LogP contribution in [-0.2, 0) is 15.1 Å². The van der Waals surface area contributed by atoms with E-state index in [0.717, 1.165) is 0 Å². The van der Waals surface area contributed by atoms with Crippen molar-refractivity contribution in [1.29, 1.82) is 0 Å². The molecule has 12 rings (SSSR count). The molecule has 0 fully saturated rings. The Bertz CT molecular complexity index is 3930. The summed E-state index contributed by atoms with van der Waals surface area (Å²) in [5.74, 6) is -6.44. The molecule has 0 bridgehead atoms. The summed E-state index contributed by atoms with van der Waals surface area (Å²) >= 11 is -0.346. The molecule has 87 heavy (non-hydrogen) atoms. The molecule has 0 saturated carbocycles. The zero-order chi connectivity index (χ0) is 61.1. The molecule has 0 aliphatic heterocycles. The Kier molecular flexibility index (Phi) is 21.8. The molecule has 0 spiro atoms. The van der Waals surface area contributed by atoms with Gasteiger partial charge >= 0.3 is 70.3 Å². The van der Waals surface area contributed by atoms with Crippen molar-refractivity contribution in [2.24, 2.45) is 0 Å². The van der Waals surface area contributed by atoms with Gasteiger partial charge in [0.25, 0.3) is 5.09 Å². The van der Waals surface area contributed by atoms with E-state index in [2.05, 4.69) is 31.0 Å². The number of benzene rings is 7. The first-order valence-electron chi connectivity index (χ1n) is 24.3. The van der Waals surface area contributed by atoms with Gasteiger partial charge in [-0.2, -0.15) is 0 Å². The number of nitrogens with zero attached hydrogens (tertiary/aromatic N) is 6. The third-order valence-corrected chi connectivity index (χ3v) is 12.5. The van der Waals surface area contributed by atoms with Gasteiger partial charge in [0.2, 0.25) is 0 Å². The molecule has 12 aromatic rings. The Balaban J connectivity index is 0.000000195. The number of halogens is 2. The van der Waals surface area contributed by atoms with Gasteiger partial charge in [-0.1, -0.05) is 141 Å². The maximum absolute atomic E-state index is 11.7. The Morgan fingerprint density at radius 2 is 0.563 bits per heavy atom. The number of hydrogen-bond acceptors (Lipinski definition) is 13. The second-order valence-electron chi connectivity index (χ2n) is 17.6. The predicted octanol–water partition coefficient (Wildman–Crippen LogP) is 14.2. The predicted molar refractivity (Wildman–Crippen MR) is 324 cm³/mol. The van der Waals surface area contributed by atoms with Gasteiger partial charge in [-0.15, -0.1) is 33.7 Å². The number of pyridine rings is 5. The third kappa shape index (κ3) is 15.1. The molecule has 0 aliphatic carbocycles. The van der Waals surface area contributed by atoms with Crippen LogP contribution in [0.3, 0.4) is 0 Å². The van der Waals surface area contributed by atoms with E-state index in [0.29, 0.717) is 99.3 Å². The third-order valence-electron chi connectivity index (χ3n) is 12.5. The number of rotatable bonds is 9. The molecule has 0 atom stereocenters. The van der Waals surface area contributed by atoms with E-state index in [1.165, 1.54) is 36.4 Å². The summed E-state index contributed by atoms with van der Waals surface area (Å²) in [7, 11) is 9.71. The van der Waals surface area contributed by atoms with Crippen LogP contribution in [-0.4, -0.2) is 102 Å². The van der Waals surface area contributed by atoms with Crippen LogP contribution in [0.25, 0.3) is 99.3 Å². The zero-order valence-corrected chi connectivity index (χ0v) is 46.3. The molecular formula is C63H45Cl2N6O15Ru-. The molecular weight excluding hydrogens is 1250 g/mol. The summed E-state index contributed by atoms with van der Waals surface area (Å²) in [6.07, 6.45) is 0. The molecule has 0 saturated heterocycles. The monoisotopic (exact) mass is 1300 g/mol. The number of carbonyl (C=O) groups is 6. The molecule has 5 aromatic heterocycles. The minimum atomic E-state index is -1.50. The Labute approximate surface area is 507 Å². The fourth-order valence-electron chi connectivity index (χ4n) is 8.97. The van der Waals surface area contributed by atoms with Crippen molar-refractivity contribution < 1.29 is 84.8 Å². The number of hydrogen-bond donors (Lipinski definition) is 7. The van der Waals surface area contributed by atoms with Crippen LogP contribution in [0, 0.1) is 16.2 Å². The van der Waals surface area contributed by atoms with Crippen molar-refractivity contribution in [3.63, 3.8) is 0 Å². The summed E-state index contributed by atoms with van der Waals surface area (Å²) in [5.41, 5.74) is 5.25. The average Bonchev–Trinajstić information content (AvgIpc) is 1.41. The first kappa shape index (κ1) is 65.2. The molecule has 5 heterocycles. The second-order valence-corrected chi connectivity index (χ2v) is 20.3. The normalized spacial score (nSPS) is 10.3. The summed E-state index contributed by atoms with van der Waals surface area (Å²) in [6.45, 7) is 0. The van der Waals surface area contributed by atoms with Crippen molar-refractivity contribution in [2.45, 2.75) is 14.9 Å². The summed E-state index contributed by atoms with van der Waals surface area (Å²) in [4.78, 5) is 101. The molecule has 7 N–H and O–H groups in total. The molecule has 7 aromatic carbocycles.